The van der Waals surface area contributed by atoms with Gasteiger partial charge in [-0.3, -0.25) is 9.59 Å². The van der Waals surface area contributed by atoms with Crippen molar-refractivity contribution < 1.29 is 9.59 Å². The highest BCUT2D eigenvalue weighted by Crippen LogP contribution is 2.33. The van der Waals surface area contributed by atoms with Crippen LogP contribution in [-0.4, -0.2) is 35.8 Å². The van der Waals surface area contributed by atoms with Gasteiger partial charge in [0.1, 0.15) is 0 Å². The van der Waals surface area contributed by atoms with Gasteiger partial charge in [0.2, 0.25) is 5.91 Å². The number of nitrogens with zero attached hydrogens (tertiary/aromatic N) is 1. The van der Waals surface area contributed by atoms with Gasteiger partial charge in [-0.25, -0.2) is 0 Å². The first-order valence-corrected chi connectivity index (χ1v) is 11.2. The Balaban J connectivity index is 1.63. The zero-order valence-corrected chi connectivity index (χ0v) is 18.8. The first-order valence-electron chi connectivity index (χ1n) is 10.8. The summed E-state index contributed by atoms with van der Waals surface area (Å²) in [6, 6.07) is 15.4. The fourth-order valence-corrected chi connectivity index (χ4v) is 4.43. The van der Waals surface area contributed by atoms with Gasteiger partial charge in [-0.15, -0.1) is 0 Å². The second-order valence-electron chi connectivity index (χ2n) is 8.20. The molecule has 1 saturated heterocycles. The summed E-state index contributed by atoms with van der Waals surface area (Å²) in [7, 11) is 0. The van der Waals surface area contributed by atoms with Crippen LogP contribution in [0.5, 0.6) is 0 Å². The molecule has 1 fully saturated rings. The normalized spacial score (nSPS) is 15.1. The van der Waals surface area contributed by atoms with Crippen molar-refractivity contribution in [1.82, 2.24) is 10.2 Å². The van der Waals surface area contributed by atoms with Crippen LogP contribution in [-0.2, 0) is 10.2 Å². The maximum Gasteiger partial charge on any atom is 0.253 e. The second kappa shape index (κ2) is 9.65. The maximum absolute atomic E-state index is 13.3. The molecule has 1 heterocycles. The molecule has 1 N–H and O–H groups in total. The number of aryl methyl sites for hydroxylation is 1. The number of halogens is 1. The van der Waals surface area contributed by atoms with E-state index < -0.39 is 5.41 Å². The van der Waals surface area contributed by atoms with Crippen LogP contribution in [0, 0.1) is 6.92 Å². The molecular weight excluding hydrogens is 396 g/mol. The number of piperidine rings is 1. The van der Waals surface area contributed by atoms with E-state index in [0.717, 1.165) is 42.4 Å². The first-order chi connectivity index (χ1) is 14.4. The van der Waals surface area contributed by atoms with Crippen molar-refractivity contribution in [2.75, 3.05) is 13.1 Å². The Bertz CT molecular complexity index is 865. The molecule has 0 unspecified atom stereocenters. The highest BCUT2D eigenvalue weighted by molar-refractivity contribution is 6.30. The summed E-state index contributed by atoms with van der Waals surface area (Å²) in [6.45, 7) is 7.44. The highest BCUT2D eigenvalue weighted by atomic mass is 35.5. The van der Waals surface area contributed by atoms with Crippen LogP contribution < -0.4 is 5.32 Å². The number of likely N-dealkylation sites (tertiary alicyclic amines) is 1. The maximum atomic E-state index is 13.3. The third-order valence-electron chi connectivity index (χ3n) is 6.45. The lowest BCUT2D eigenvalue weighted by molar-refractivity contribution is -0.128. The van der Waals surface area contributed by atoms with Gasteiger partial charge in [0.25, 0.3) is 5.91 Å². The summed E-state index contributed by atoms with van der Waals surface area (Å²) in [4.78, 5) is 27.9. The predicted octanol–water partition coefficient (Wildman–Crippen LogP) is 5.13. The Kier molecular flexibility index (Phi) is 7.19. The number of carbonyl (C=O) groups is 2. The van der Waals surface area contributed by atoms with E-state index in [4.69, 9.17) is 11.6 Å². The van der Waals surface area contributed by atoms with Crippen LogP contribution in [0.1, 0.15) is 61.0 Å². The Labute approximate surface area is 184 Å². The zero-order valence-electron chi connectivity index (χ0n) is 18.1. The van der Waals surface area contributed by atoms with Crippen molar-refractivity contribution in [2.45, 2.75) is 57.9 Å². The van der Waals surface area contributed by atoms with E-state index in [1.165, 1.54) is 0 Å². The molecule has 0 atom stereocenters. The molecule has 2 aromatic carbocycles. The van der Waals surface area contributed by atoms with Crippen molar-refractivity contribution in [3.8, 4) is 0 Å². The summed E-state index contributed by atoms with van der Waals surface area (Å²) in [5.41, 5.74) is 2.31. The summed E-state index contributed by atoms with van der Waals surface area (Å²) in [6.07, 6.45) is 2.99. The zero-order chi connectivity index (χ0) is 21.7. The molecule has 2 aromatic rings. The van der Waals surface area contributed by atoms with Gasteiger partial charge in [-0.2, -0.15) is 0 Å². The fraction of sp³-hybridized carbons (Fsp3) is 0.440. The van der Waals surface area contributed by atoms with Gasteiger partial charge in [0.15, 0.2) is 0 Å². The molecule has 160 valence electrons. The van der Waals surface area contributed by atoms with Gasteiger partial charge in [-0.05, 0) is 62.4 Å². The lowest BCUT2D eigenvalue weighted by Gasteiger charge is -2.36. The van der Waals surface area contributed by atoms with Crippen molar-refractivity contribution in [3.05, 3.63) is 70.2 Å². The van der Waals surface area contributed by atoms with Crippen LogP contribution in [0.15, 0.2) is 48.5 Å². The van der Waals surface area contributed by atoms with Crippen LogP contribution in [0.4, 0.5) is 0 Å². The monoisotopic (exact) mass is 426 g/mol. The van der Waals surface area contributed by atoms with E-state index in [-0.39, 0.29) is 17.9 Å². The SMILES string of the molecule is CCC(CC)(C(=O)NC1CCN(C(=O)c2ccc(C)cc2)CC1)c1ccc(Cl)cc1. The van der Waals surface area contributed by atoms with Crippen molar-refractivity contribution >= 4 is 23.4 Å². The Morgan fingerprint density at radius 2 is 1.57 bits per heavy atom. The molecular formula is C25H31ClN2O2. The molecule has 3 rings (SSSR count). The largest absolute Gasteiger partial charge is 0.352 e. The van der Waals surface area contributed by atoms with Crippen molar-refractivity contribution in [1.29, 1.82) is 0 Å². The van der Waals surface area contributed by atoms with Crippen LogP contribution in [0.25, 0.3) is 0 Å². The van der Waals surface area contributed by atoms with E-state index >= 15 is 0 Å². The molecule has 0 radical (unpaired) electrons. The molecule has 30 heavy (non-hydrogen) atoms. The summed E-state index contributed by atoms with van der Waals surface area (Å²) >= 11 is 6.04. The van der Waals surface area contributed by atoms with E-state index in [1.807, 2.05) is 60.4 Å². The summed E-state index contributed by atoms with van der Waals surface area (Å²) in [5, 5.41) is 3.94. The van der Waals surface area contributed by atoms with E-state index in [2.05, 4.69) is 19.2 Å². The molecule has 0 spiro atoms. The molecule has 1 aliphatic rings. The smallest absolute Gasteiger partial charge is 0.253 e. The minimum absolute atomic E-state index is 0.0670. The summed E-state index contributed by atoms with van der Waals surface area (Å²) in [5.74, 6) is 0.135. The quantitative estimate of drug-likeness (QED) is 0.696. The minimum atomic E-state index is -0.556. The van der Waals surface area contributed by atoms with Crippen molar-refractivity contribution in [2.24, 2.45) is 0 Å². The Morgan fingerprint density at radius 3 is 2.10 bits per heavy atom. The molecule has 0 saturated carbocycles. The minimum Gasteiger partial charge on any atom is -0.352 e. The number of hydrogen-bond acceptors (Lipinski definition) is 2. The number of nitrogens with one attached hydrogen (secondary N) is 1. The van der Waals surface area contributed by atoms with Crippen LogP contribution in [0.2, 0.25) is 5.02 Å². The van der Waals surface area contributed by atoms with Gasteiger partial charge < -0.3 is 10.2 Å². The number of amides is 2. The second-order valence-corrected chi connectivity index (χ2v) is 8.64. The Hall–Kier alpha value is -2.33. The topological polar surface area (TPSA) is 49.4 Å². The lowest BCUT2D eigenvalue weighted by Crippen LogP contribution is -2.51. The number of carbonyl (C=O) groups excluding carboxylic acids is 2. The lowest BCUT2D eigenvalue weighted by atomic mass is 9.74. The molecule has 4 nitrogen and oxygen atoms in total. The Morgan fingerprint density at radius 1 is 1.00 bits per heavy atom. The van der Waals surface area contributed by atoms with E-state index in [0.29, 0.717) is 18.1 Å². The van der Waals surface area contributed by atoms with Gasteiger partial charge in [0.05, 0.1) is 5.41 Å². The van der Waals surface area contributed by atoms with Crippen molar-refractivity contribution in [3.63, 3.8) is 0 Å². The number of benzene rings is 2. The molecule has 5 heteroatoms. The van der Waals surface area contributed by atoms with Gasteiger partial charge >= 0.3 is 0 Å². The number of rotatable bonds is 6. The van der Waals surface area contributed by atoms with E-state index in [9.17, 15) is 9.59 Å². The third kappa shape index (κ3) is 4.70. The predicted molar refractivity (Wildman–Crippen MR) is 122 cm³/mol. The first kappa shape index (κ1) is 22.4. The highest BCUT2D eigenvalue weighted by Gasteiger charge is 2.38. The average molecular weight is 427 g/mol. The molecule has 0 aromatic heterocycles. The van der Waals surface area contributed by atoms with E-state index in [1.54, 1.807) is 0 Å². The standard InChI is InChI=1S/C25H31ClN2O2/c1-4-25(5-2,20-10-12-21(26)13-11-20)24(30)27-22-14-16-28(17-15-22)23(29)19-8-6-18(3)7-9-19/h6-13,22H,4-5,14-17H2,1-3H3,(H,27,30). The molecule has 0 aliphatic carbocycles. The molecule has 2 amide bonds. The molecule has 0 bridgehead atoms. The van der Waals surface area contributed by atoms with Crippen LogP contribution >= 0.6 is 11.6 Å². The third-order valence-corrected chi connectivity index (χ3v) is 6.71. The average Bonchev–Trinajstić information content (AvgIpc) is 2.77. The van der Waals surface area contributed by atoms with Crippen LogP contribution in [0.3, 0.4) is 0 Å². The van der Waals surface area contributed by atoms with Gasteiger partial charge in [-0.1, -0.05) is 55.3 Å². The van der Waals surface area contributed by atoms with Gasteiger partial charge in [0, 0.05) is 29.7 Å². The molecule has 1 aliphatic heterocycles. The fourth-order valence-electron chi connectivity index (χ4n) is 4.31. The summed E-state index contributed by atoms with van der Waals surface area (Å²) < 4.78 is 0. The number of hydrogen-bond donors (Lipinski definition) is 1.